The highest BCUT2D eigenvalue weighted by Gasteiger charge is 2.28. The van der Waals surface area contributed by atoms with Crippen LogP contribution in [0.4, 0.5) is 0 Å². The van der Waals surface area contributed by atoms with Gasteiger partial charge in [-0.2, -0.15) is 4.98 Å². The van der Waals surface area contributed by atoms with E-state index in [1.165, 1.54) is 73.0 Å². The van der Waals surface area contributed by atoms with Crippen molar-refractivity contribution < 1.29 is 4.42 Å². The maximum atomic E-state index is 6.46. The predicted octanol–water partition coefficient (Wildman–Crippen LogP) is 13.0. The van der Waals surface area contributed by atoms with E-state index in [9.17, 15) is 0 Å². The van der Waals surface area contributed by atoms with Crippen molar-refractivity contribution in [2.24, 2.45) is 0 Å². The third-order valence-corrected chi connectivity index (χ3v) is 13.0. The SMILES string of the molecule is c1cc2c3c(c1)ccc1c3c3c4c(ccc3n1-c1nc3oc5ccccc5c3nc1-c1cccc3sc5ccccc5c13)sc1cccc-2c14. The summed E-state index contributed by atoms with van der Waals surface area (Å²) in [4.78, 5) is 11.0. The van der Waals surface area contributed by atoms with E-state index in [0.717, 1.165) is 44.6 Å². The summed E-state index contributed by atoms with van der Waals surface area (Å²) in [6.45, 7) is 0. The van der Waals surface area contributed by atoms with Crippen LogP contribution in [0.25, 0.3) is 123 Å². The van der Waals surface area contributed by atoms with Gasteiger partial charge in [-0.3, -0.25) is 4.57 Å². The van der Waals surface area contributed by atoms with E-state index in [2.05, 4.69) is 114 Å². The lowest BCUT2D eigenvalue weighted by Crippen LogP contribution is -2.03. The fraction of sp³-hybridized carbons (Fsp3) is 0. The van der Waals surface area contributed by atoms with E-state index in [-0.39, 0.29) is 0 Å². The first-order chi connectivity index (χ1) is 24.8. The molecule has 6 heteroatoms. The molecule has 4 nitrogen and oxygen atoms in total. The second-order valence-electron chi connectivity index (χ2n) is 13.2. The Bertz CT molecular complexity index is 3510. The van der Waals surface area contributed by atoms with Crippen LogP contribution in [0.5, 0.6) is 0 Å². The maximum Gasteiger partial charge on any atom is 0.248 e. The normalized spacial score (nSPS) is 12.8. The number of hydrogen-bond acceptors (Lipinski definition) is 5. The smallest absolute Gasteiger partial charge is 0.248 e. The van der Waals surface area contributed by atoms with Crippen molar-refractivity contribution in [1.82, 2.24) is 14.5 Å². The van der Waals surface area contributed by atoms with Gasteiger partial charge in [0.15, 0.2) is 5.82 Å². The fourth-order valence-electron chi connectivity index (χ4n) is 8.77. The molecule has 0 saturated carbocycles. The summed E-state index contributed by atoms with van der Waals surface area (Å²) in [6.07, 6.45) is 0. The quantitative estimate of drug-likeness (QED) is 0.184. The van der Waals surface area contributed by atoms with E-state index < -0.39 is 0 Å². The van der Waals surface area contributed by atoms with Crippen LogP contribution in [0.2, 0.25) is 0 Å². The van der Waals surface area contributed by atoms with Crippen LogP contribution in [-0.4, -0.2) is 14.5 Å². The zero-order valence-corrected chi connectivity index (χ0v) is 27.8. The summed E-state index contributed by atoms with van der Waals surface area (Å²) >= 11 is 3.70. The Hall–Kier alpha value is -6.08. The van der Waals surface area contributed by atoms with Crippen molar-refractivity contribution in [2.75, 3.05) is 0 Å². The second kappa shape index (κ2) is 8.93. The Morgan fingerprint density at radius 1 is 0.460 bits per heavy atom. The average molecular weight is 672 g/mol. The standard InChI is InChI=1S/C44H21N3OS2/c1-3-14-30-25(9-1)42-44(48-30)46-43(41(45-42)27-13-7-16-32-36(27)26-10-2-4-15-31(26)49-32)47-28-19-18-22-8-5-11-23-24-12-6-17-33-37(24)40-34(50-33)21-20-29(47)39(40)38(28)35(22)23/h1-21H. The number of nitrogens with zero attached hydrogens (tertiary/aromatic N) is 3. The Balaban J connectivity index is 1.28. The summed E-state index contributed by atoms with van der Waals surface area (Å²) in [7, 11) is 0. The number of aromatic nitrogens is 3. The van der Waals surface area contributed by atoms with Gasteiger partial charge < -0.3 is 4.42 Å². The molecule has 0 atom stereocenters. The molecule has 1 aliphatic carbocycles. The van der Waals surface area contributed by atoms with Gasteiger partial charge in [-0.1, -0.05) is 78.9 Å². The lowest BCUT2D eigenvalue weighted by atomic mass is 9.95. The fourth-order valence-corrected chi connectivity index (χ4v) is 11.0. The van der Waals surface area contributed by atoms with Crippen molar-refractivity contribution in [1.29, 1.82) is 0 Å². The lowest BCUT2D eigenvalue weighted by Gasteiger charge is -2.14. The van der Waals surface area contributed by atoms with Gasteiger partial charge in [-0.15, -0.1) is 22.7 Å². The van der Waals surface area contributed by atoms with E-state index in [1.54, 1.807) is 0 Å². The highest BCUT2D eigenvalue weighted by Crippen LogP contribution is 2.53. The molecule has 0 aliphatic heterocycles. The van der Waals surface area contributed by atoms with Gasteiger partial charge in [0.1, 0.15) is 16.8 Å². The first kappa shape index (κ1) is 25.9. The Kier molecular flexibility index (Phi) is 4.62. The first-order valence-electron chi connectivity index (χ1n) is 16.7. The number of benzene rings is 7. The van der Waals surface area contributed by atoms with E-state index in [1.807, 2.05) is 40.9 Å². The number of furan rings is 1. The molecule has 5 aromatic heterocycles. The Morgan fingerprint density at radius 3 is 2.02 bits per heavy atom. The molecule has 7 aromatic carbocycles. The zero-order chi connectivity index (χ0) is 32.2. The van der Waals surface area contributed by atoms with Crippen LogP contribution in [0.15, 0.2) is 132 Å². The van der Waals surface area contributed by atoms with Gasteiger partial charge in [0, 0.05) is 62.1 Å². The highest BCUT2D eigenvalue weighted by molar-refractivity contribution is 7.26. The molecule has 13 rings (SSSR count). The maximum absolute atomic E-state index is 6.46. The molecule has 0 radical (unpaired) electrons. The monoisotopic (exact) mass is 671 g/mol. The van der Waals surface area contributed by atoms with Crippen LogP contribution in [0.1, 0.15) is 0 Å². The minimum atomic E-state index is 0.542. The van der Waals surface area contributed by atoms with Gasteiger partial charge >= 0.3 is 0 Å². The van der Waals surface area contributed by atoms with Crippen LogP contribution in [0.3, 0.4) is 0 Å². The summed E-state index contributed by atoms with van der Waals surface area (Å²) in [5.41, 5.74) is 8.86. The Morgan fingerprint density at radius 2 is 1.12 bits per heavy atom. The van der Waals surface area contributed by atoms with Crippen molar-refractivity contribution in [2.45, 2.75) is 0 Å². The molecule has 5 heterocycles. The van der Waals surface area contributed by atoms with Crippen LogP contribution in [0, 0.1) is 0 Å². The average Bonchev–Trinajstić information content (AvgIpc) is 3.90. The lowest BCUT2D eigenvalue weighted by molar-refractivity contribution is 0.652. The van der Waals surface area contributed by atoms with E-state index >= 15 is 0 Å². The second-order valence-corrected chi connectivity index (χ2v) is 15.4. The van der Waals surface area contributed by atoms with E-state index in [0.29, 0.717) is 5.71 Å². The molecular formula is C44H21N3OS2. The molecule has 230 valence electrons. The zero-order valence-electron chi connectivity index (χ0n) is 26.2. The van der Waals surface area contributed by atoms with Crippen LogP contribution >= 0.6 is 22.7 Å². The van der Waals surface area contributed by atoms with Gasteiger partial charge in [0.05, 0.1) is 11.0 Å². The van der Waals surface area contributed by atoms with Gasteiger partial charge in [0.2, 0.25) is 5.71 Å². The molecule has 0 unspecified atom stereocenters. The van der Waals surface area contributed by atoms with Crippen LogP contribution < -0.4 is 0 Å². The van der Waals surface area contributed by atoms with Crippen molar-refractivity contribution in [3.63, 3.8) is 0 Å². The summed E-state index contributed by atoms with van der Waals surface area (Å²) in [5.74, 6) is 0.774. The third-order valence-electron chi connectivity index (χ3n) is 10.8. The predicted molar refractivity (Wildman–Crippen MR) is 211 cm³/mol. The largest absolute Gasteiger partial charge is 0.436 e. The summed E-state index contributed by atoms with van der Waals surface area (Å²) in [5, 5.41) is 11.2. The number of hydrogen-bond donors (Lipinski definition) is 0. The molecule has 0 amide bonds. The first-order valence-corrected chi connectivity index (χ1v) is 18.4. The van der Waals surface area contributed by atoms with Gasteiger partial charge in [-0.05, 0) is 70.4 Å². The van der Waals surface area contributed by atoms with Gasteiger partial charge in [-0.25, -0.2) is 4.98 Å². The number of para-hydroxylation sites is 1. The molecule has 0 fully saturated rings. The molecular weight excluding hydrogens is 651 g/mol. The highest BCUT2D eigenvalue weighted by atomic mass is 32.1. The minimum absolute atomic E-state index is 0.542. The van der Waals surface area contributed by atoms with E-state index in [4.69, 9.17) is 14.4 Å². The molecule has 0 N–H and O–H groups in total. The topological polar surface area (TPSA) is 43.9 Å². The molecule has 0 bridgehead atoms. The number of fused-ring (bicyclic) bond motifs is 7. The number of thiophene rings is 2. The summed E-state index contributed by atoms with van der Waals surface area (Å²) in [6, 6.07) is 46.0. The van der Waals surface area contributed by atoms with Gasteiger partial charge in [0.25, 0.3) is 0 Å². The molecule has 50 heavy (non-hydrogen) atoms. The van der Waals surface area contributed by atoms with Crippen LogP contribution in [-0.2, 0) is 0 Å². The van der Waals surface area contributed by atoms with Crippen molar-refractivity contribution >= 4 is 118 Å². The molecule has 0 spiro atoms. The number of rotatable bonds is 2. The third kappa shape index (κ3) is 3.04. The van der Waals surface area contributed by atoms with Crippen molar-refractivity contribution in [3.05, 3.63) is 127 Å². The Labute approximate surface area is 291 Å². The minimum Gasteiger partial charge on any atom is -0.436 e. The molecule has 12 aromatic rings. The summed E-state index contributed by atoms with van der Waals surface area (Å²) < 4.78 is 13.9. The molecule has 0 saturated heterocycles. The molecule has 1 aliphatic rings. The van der Waals surface area contributed by atoms with Crippen molar-refractivity contribution in [3.8, 4) is 28.2 Å².